The Balaban J connectivity index is 2.56. The monoisotopic (exact) mass is 292 g/mol. The topological polar surface area (TPSA) is 25.8 Å². The average molecular weight is 294 g/mol. The molecule has 16 heavy (non-hydrogen) atoms. The third kappa shape index (κ3) is 1.47. The molecule has 0 spiro atoms. The van der Waals surface area contributed by atoms with Gasteiger partial charge >= 0.3 is 0 Å². The zero-order chi connectivity index (χ0) is 11.1. The first-order valence-electron chi connectivity index (χ1n) is 4.75. The predicted molar refractivity (Wildman–Crippen MR) is 69.8 cm³/mol. The highest BCUT2D eigenvalue weighted by atomic mass is 79.9. The Kier molecular flexibility index (Phi) is 2.30. The van der Waals surface area contributed by atoms with Crippen LogP contribution in [0.25, 0.3) is 21.9 Å². The van der Waals surface area contributed by atoms with Crippen LogP contribution in [0, 0.1) is 0 Å². The molecule has 0 unspecified atom stereocenters. The zero-order valence-electron chi connectivity index (χ0n) is 8.11. The second-order valence-corrected chi connectivity index (χ2v) is 4.76. The summed E-state index contributed by atoms with van der Waals surface area (Å²) in [6.45, 7) is 0. The van der Waals surface area contributed by atoms with E-state index in [9.17, 15) is 0 Å². The van der Waals surface area contributed by atoms with Gasteiger partial charge in [0.1, 0.15) is 0 Å². The minimum atomic E-state index is 0.683. The van der Waals surface area contributed by atoms with E-state index in [1.165, 1.54) is 0 Å². The molecule has 3 aromatic rings. The van der Waals surface area contributed by atoms with Crippen molar-refractivity contribution in [3.8, 4) is 0 Å². The van der Waals surface area contributed by atoms with Crippen molar-refractivity contribution >= 4 is 49.5 Å². The second kappa shape index (κ2) is 3.68. The number of hydrogen-bond donors (Lipinski definition) is 0. The van der Waals surface area contributed by atoms with E-state index in [1.807, 2.05) is 30.3 Å². The van der Waals surface area contributed by atoms with E-state index in [4.69, 9.17) is 11.6 Å². The first-order chi connectivity index (χ1) is 7.75. The quantitative estimate of drug-likeness (QED) is 0.581. The van der Waals surface area contributed by atoms with Gasteiger partial charge in [0.2, 0.25) is 0 Å². The van der Waals surface area contributed by atoms with Crippen LogP contribution in [0.1, 0.15) is 0 Å². The van der Waals surface area contributed by atoms with Gasteiger partial charge in [-0.1, -0.05) is 27.5 Å². The van der Waals surface area contributed by atoms with Crippen molar-refractivity contribution in [3.05, 3.63) is 46.0 Å². The van der Waals surface area contributed by atoms with Crippen molar-refractivity contribution in [1.29, 1.82) is 0 Å². The number of benzene rings is 1. The van der Waals surface area contributed by atoms with E-state index >= 15 is 0 Å². The molecule has 0 N–H and O–H groups in total. The van der Waals surface area contributed by atoms with Gasteiger partial charge in [-0.15, -0.1) is 0 Å². The van der Waals surface area contributed by atoms with Crippen LogP contribution in [0.4, 0.5) is 0 Å². The minimum Gasteiger partial charge on any atom is -0.237 e. The number of pyridine rings is 2. The number of hydrogen-bond acceptors (Lipinski definition) is 2. The number of halogens is 2. The molecular weight excluding hydrogens is 288 g/mol. The normalized spacial score (nSPS) is 11.1. The SMILES string of the molecule is Clc1c2cc(Br)ccc2nc2ncccc12. The largest absolute Gasteiger partial charge is 0.237 e. The first kappa shape index (κ1) is 10.00. The van der Waals surface area contributed by atoms with E-state index in [2.05, 4.69) is 25.9 Å². The van der Waals surface area contributed by atoms with E-state index in [0.29, 0.717) is 10.7 Å². The molecule has 2 heterocycles. The Hall–Kier alpha value is -1.19. The molecule has 3 rings (SSSR count). The Morgan fingerprint density at radius 1 is 1.12 bits per heavy atom. The molecule has 0 fully saturated rings. The standard InChI is InChI=1S/C12H6BrClN2/c13-7-3-4-10-9(6-7)11(14)8-2-1-5-15-12(8)16-10/h1-6H. The molecule has 0 radical (unpaired) electrons. The maximum atomic E-state index is 6.35. The van der Waals surface area contributed by atoms with Crippen molar-refractivity contribution < 1.29 is 0 Å². The van der Waals surface area contributed by atoms with Gasteiger partial charge in [0.05, 0.1) is 10.5 Å². The molecule has 78 valence electrons. The molecule has 0 bridgehead atoms. The molecule has 0 amide bonds. The molecule has 2 aromatic heterocycles. The summed E-state index contributed by atoms with van der Waals surface area (Å²) >= 11 is 9.77. The van der Waals surface area contributed by atoms with Crippen molar-refractivity contribution in [1.82, 2.24) is 9.97 Å². The van der Waals surface area contributed by atoms with E-state index in [-0.39, 0.29) is 0 Å². The fourth-order valence-corrected chi connectivity index (χ4v) is 2.36. The van der Waals surface area contributed by atoms with Gasteiger partial charge in [0.25, 0.3) is 0 Å². The third-order valence-corrected chi connectivity index (χ3v) is 3.35. The molecule has 0 saturated heterocycles. The van der Waals surface area contributed by atoms with Crippen molar-refractivity contribution in [2.24, 2.45) is 0 Å². The van der Waals surface area contributed by atoms with Crippen LogP contribution in [0.3, 0.4) is 0 Å². The van der Waals surface area contributed by atoms with Crippen LogP contribution >= 0.6 is 27.5 Å². The van der Waals surface area contributed by atoms with Crippen LogP contribution in [-0.2, 0) is 0 Å². The maximum Gasteiger partial charge on any atom is 0.161 e. The Morgan fingerprint density at radius 2 is 2.00 bits per heavy atom. The summed E-state index contributed by atoms with van der Waals surface area (Å²) in [5.41, 5.74) is 1.54. The summed E-state index contributed by atoms with van der Waals surface area (Å²) in [5, 5.41) is 2.53. The summed E-state index contributed by atoms with van der Waals surface area (Å²) in [7, 11) is 0. The second-order valence-electron chi connectivity index (χ2n) is 3.46. The molecule has 0 aliphatic rings. The van der Waals surface area contributed by atoms with Gasteiger partial charge in [-0.3, -0.25) is 0 Å². The molecule has 0 saturated carbocycles. The lowest BCUT2D eigenvalue weighted by Crippen LogP contribution is -1.87. The average Bonchev–Trinajstić information content (AvgIpc) is 2.31. The molecule has 0 aliphatic heterocycles. The molecule has 0 aliphatic carbocycles. The summed E-state index contributed by atoms with van der Waals surface area (Å²) in [5.74, 6) is 0. The van der Waals surface area contributed by atoms with Crippen molar-refractivity contribution in [2.75, 3.05) is 0 Å². The predicted octanol–water partition coefficient (Wildman–Crippen LogP) is 4.20. The summed E-state index contributed by atoms with van der Waals surface area (Å²) in [6, 6.07) is 9.63. The lowest BCUT2D eigenvalue weighted by Gasteiger charge is -2.04. The minimum absolute atomic E-state index is 0.683. The van der Waals surface area contributed by atoms with Crippen molar-refractivity contribution in [3.63, 3.8) is 0 Å². The Labute approximate surface area is 105 Å². The van der Waals surface area contributed by atoms with Gasteiger partial charge in [0.15, 0.2) is 5.65 Å². The first-order valence-corrected chi connectivity index (χ1v) is 5.92. The maximum absolute atomic E-state index is 6.35. The molecule has 2 nitrogen and oxygen atoms in total. The number of fused-ring (bicyclic) bond motifs is 2. The fraction of sp³-hybridized carbons (Fsp3) is 0. The highest BCUT2D eigenvalue weighted by Crippen LogP contribution is 2.30. The van der Waals surface area contributed by atoms with E-state index in [0.717, 1.165) is 20.8 Å². The fourth-order valence-electron chi connectivity index (χ4n) is 1.70. The van der Waals surface area contributed by atoms with Crippen molar-refractivity contribution in [2.45, 2.75) is 0 Å². The Bertz CT molecular complexity index is 697. The van der Waals surface area contributed by atoms with Gasteiger partial charge in [-0.25, -0.2) is 9.97 Å². The number of nitrogens with zero attached hydrogens (tertiary/aromatic N) is 2. The zero-order valence-corrected chi connectivity index (χ0v) is 10.5. The third-order valence-electron chi connectivity index (χ3n) is 2.44. The van der Waals surface area contributed by atoms with Gasteiger partial charge < -0.3 is 0 Å². The van der Waals surface area contributed by atoms with Crippen LogP contribution in [0.5, 0.6) is 0 Å². The molecule has 1 aromatic carbocycles. The van der Waals surface area contributed by atoms with E-state index < -0.39 is 0 Å². The Morgan fingerprint density at radius 3 is 2.88 bits per heavy atom. The summed E-state index contributed by atoms with van der Waals surface area (Å²) < 4.78 is 0.993. The highest BCUT2D eigenvalue weighted by Gasteiger charge is 2.07. The molecule has 4 heteroatoms. The van der Waals surface area contributed by atoms with Crippen LogP contribution in [0.15, 0.2) is 41.0 Å². The van der Waals surface area contributed by atoms with E-state index in [1.54, 1.807) is 6.20 Å². The van der Waals surface area contributed by atoms with Gasteiger partial charge in [-0.2, -0.15) is 0 Å². The highest BCUT2D eigenvalue weighted by molar-refractivity contribution is 9.10. The number of rotatable bonds is 0. The smallest absolute Gasteiger partial charge is 0.161 e. The molecule has 0 atom stereocenters. The lowest BCUT2D eigenvalue weighted by molar-refractivity contribution is 1.32. The summed E-state index contributed by atoms with van der Waals surface area (Å²) in [6.07, 6.45) is 1.72. The summed E-state index contributed by atoms with van der Waals surface area (Å²) in [4.78, 5) is 8.67. The van der Waals surface area contributed by atoms with Gasteiger partial charge in [-0.05, 0) is 30.3 Å². The van der Waals surface area contributed by atoms with Crippen LogP contribution in [-0.4, -0.2) is 9.97 Å². The van der Waals surface area contributed by atoms with Gasteiger partial charge in [0, 0.05) is 21.4 Å². The van der Waals surface area contributed by atoms with Crippen LogP contribution in [0.2, 0.25) is 5.02 Å². The lowest BCUT2D eigenvalue weighted by atomic mass is 10.2. The van der Waals surface area contributed by atoms with Crippen LogP contribution < -0.4 is 0 Å². The molecular formula is C12H6BrClN2. The number of aromatic nitrogens is 2.